The molecule has 0 saturated heterocycles. The fraction of sp³-hybridized carbons (Fsp3) is 0.333. The number of halogens is 2. The van der Waals surface area contributed by atoms with Gasteiger partial charge in [0.1, 0.15) is 17.6 Å². The summed E-state index contributed by atoms with van der Waals surface area (Å²) in [6, 6.07) is 1.82. The number of carboxylic acids is 1. The maximum Gasteiger partial charge on any atom is 0.387 e. The molecule has 16 heavy (non-hydrogen) atoms. The number of pyridine rings is 1. The van der Waals surface area contributed by atoms with Crippen molar-refractivity contribution in [2.24, 2.45) is 0 Å². The van der Waals surface area contributed by atoms with E-state index in [1.165, 1.54) is 19.1 Å². The number of nitrogens with one attached hydrogen (secondary N) is 1. The molecule has 1 rings (SSSR count). The third-order valence-corrected chi connectivity index (χ3v) is 1.70. The number of carbonyl (C=O) groups is 1. The molecule has 7 heteroatoms. The highest BCUT2D eigenvalue weighted by Gasteiger charge is 2.11. The number of anilines is 1. The van der Waals surface area contributed by atoms with E-state index >= 15 is 0 Å². The zero-order valence-electron chi connectivity index (χ0n) is 8.35. The number of hydrogen-bond donors (Lipinski definition) is 2. The molecule has 0 aliphatic heterocycles. The van der Waals surface area contributed by atoms with Crippen molar-refractivity contribution < 1.29 is 23.4 Å². The summed E-state index contributed by atoms with van der Waals surface area (Å²) in [4.78, 5) is 14.2. The monoisotopic (exact) mass is 232 g/mol. The Morgan fingerprint density at radius 3 is 2.69 bits per heavy atom. The van der Waals surface area contributed by atoms with E-state index < -0.39 is 18.6 Å². The Morgan fingerprint density at radius 1 is 1.56 bits per heavy atom. The fourth-order valence-corrected chi connectivity index (χ4v) is 0.922. The standard InChI is InChI=1S/C9H10F2N2O3/c1-5(8(14)15)13-7-3-2-6(4-12-7)16-9(10)11/h2-5,9H,1H3,(H,12,13)(H,14,15). The zero-order chi connectivity index (χ0) is 12.1. The van der Waals surface area contributed by atoms with Gasteiger partial charge in [0, 0.05) is 0 Å². The van der Waals surface area contributed by atoms with Crippen LogP contribution in [0.4, 0.5) is 14.6 Å². The molecule has 0 fully saturated rings. The van der Waals surface area contributed by atoms with Gasteiger partial charge in [-0.05, 0) is 19.1 Å². The number of alkyl halides is 2. The number of ether oxygens (including phenoxy) is 1. The van der Waals surface area contributed by atoms with Crippen LogP contribution in [0.5, 0.6) is 5.75 Å². The van der Waals surface area contributed by atoms with E-state index in [4.69, 9.17) is 5.11 Å². The quantitative estimate of drug-likeness (QED) is 0.806. The van der Waals surface area contributed by atoms with Crippen LogP contribution in [0.1, 0.15) is 6.92 Å². The molecule has 2 N–H and O–H groups in total. The van der Waals surface area contributed by atoms with Crippen LogP contribution < -0.4 is 10.1 Å². The number of aliphatic carboxylic acids is 1. The third kappa shape index (κ3) is 3.68. The molecule has 0 radical (unpaired) electrons. The lowest BCUT2D eigenvalue weighted by Crippen LogP contribution is -2.25. The summed E-state index contributed by atoms with van der Waals surface area (Å²) in [5.74, 6) is -0.838. The van der Waals surface area contributed by atoms with Crippen molar-refractivity contribution in [2.45, 2.75) is 19.6 Å². The number of nitrogens with zero attached hydrogens (tertiary/aromatic N) is 1. The Balaban J connectivity index is 2.61. The molecule has 0 bridgehead atoms. The highest BCUT2D eigenvalue weighted by Crippen LogP contribution is 2.15. The largest absolute Gasteiger partial charge is 0.480 e. The minimum absolute atomic E-state index is 0.0801. The Kier molecular flexibility index (Phi) is 3.98. The van der Waals surface area contributed by atoms with E-state index in [-0.39, 0.29) is 11.6 Å². The molecule has 0 amide bonds. The summed E-state index contributed by atoms with van der Waals surface area (Å²) < 4.78 is 27.7. The maximum atomic E-state index is 11.8. The molecule has 0 spiro atoms. The summed E-state index contributed by atoms with van der Waals surface area (Å²) in [6.45, 7) is -1.47. The van der Waals surface area contributed by atoms with Crippen LogP contribution in [-0.4, -0.2) is 28.7 Å². The minimum Gasteiger partial charge on any atom is -0.480 e. The van der Waals surface area contributed by atoms with Gasteiger partial charge in [-0.1, -0.05) is 0 Å². The van der Waals surface area contributed by atoms with Crippen molar-refractivity contribution in [1.29, 1.82) is 0 Å². The molecular weight excluding hydrogens is 222 g/mol. The zero-order valence-corrected chi connectivity index (χ0v) is 8.35. The van der Waals surface area contributed by atoms with E-state index in [0.717, 1.165) is 6.20 Å². The highest BCUT2D eigenvalue weighted by atomic mass is 19.3. The molecule has 5 nitrogen and oxygen atoms in total. The van der Waals surface area contributed by atoms with Crippen LogP contribution in [0.25, 0.3) is 0 Å². The topological polar surface area (TPSA) is 71.5 Å². The second-order valence-corrected chi connectivity index (χ2v) is 2.96. The first-order chi connectivity index (χ1) is 7.49. The van der Waals surface area contributed by atoms with Crippen LogP contribution in [-0.2, 0) is 4.79 Å². The first kappa shape index (κ1) is 12.2. The van der Waals surface area contributed by atoms with Crippen molar-refractivity contribution in [3.63, 3.8) is 0 Å². The lowest BCUT2D eigenvalue weighted by Gasteiger charge is -2.10. The van der Waals surface area contributed by atoms with Crippen LogP contribution in [0, 0.1) is 0 Å². The molecular formula is C9H10F2N2O3. The average molecular weight is 232 g/mol. The second kappa shape index (κ2) is 5.24. The fourth-order valence-electron chi connectivity index (χ4n) is 0.922. The molecule has 1 aromatic rings. The van der Waals surface area contributed by atoms with Gasteiger partial charge in [0.15, 0.2) is 0 Å². The third-order valence-electron chi connectivity index (χ3n) is 1.70. The predicted octanol–water partition coefficient (Wildman–Crippen LogP) is 1.57. The summed E-state index contributed by atoms with van der Waals surface area (Å²) in [7, 11) is 0. The van der Waals surface area contributed by atoms with Gasteiger partial charge in [-0.3, -0.25) is 4.79 Å². The number of hydrogen-bond acceptors (Lipinski definition) is 4. The van der Waals surface area contributed by atoms with Crippen molar-refractivity contribution in [1.82, 2.24) is 4.98 Å². The molecule has 0 saturated carbocycles. The first-order valence-corrected chi connectivity index (χ1v) is 4.39. The molecule has 1 unspecified atom stereocenters. The van der Waals surface area contributed by atoms with Gasteiger partial charge in [0.05, 0.1) is 6.20 Å². The van der Waals surface area contributed by atoms with Gasteiger partial charge in [-0.2, -0.15) is 8.78 Å². The SMILES string of the molecule is CC(Nc1ccc(OC(F)F)cn1)C(=O)O. The highest BCUT2D eigenvalue weighted by molar-refractivity contribution is 5.76. The van der Waals surface area contributed by atoms with Gasteiger partial charge >= 0.3 is 12.6 Å². The summed E-state index contributed by atoms with van der Waals surface area (Å²) in [6.07, 6.45) is 1.09. The first-order valence-electron chi connectivity index (χ1n) is 4.39. The van der Waals surface area contributed by atoms with E-state index in [0.29, 0.717) is 0 Å². The molecule has 1 heterocycles. The summed E-state index contributed by atoms with van der Waals surface area (Å²) >= 11 is 0. The Hall–Kier alpha value is -1.92. The summed E-state index contributed by atoms with van der Waals surface area (Å²) in [5.41, 5.74) is 0. The van der Waals surface area contributed by atoms with Crippen LogP contribution in [0.15, 0.2) is 18.3 Å². The maximum absolute atomic E-state index is 11.8. The number of carboxylic acid groups (broad SMARTS) is 1. The smallest absolute Gasteiger partial charge is 0.387 e. The molecule has 1 aromatic heterocycles. The van der Waals surface area contributed by atoms with Crippen LogP contribution in [0.2, 0.25) is 0 Å². The van der Waals surface area contributed by atoms with Gasteiger partial charge in [0.25, 0.3) is 0 Å². The number of aromatic nitrogens is 1. The minimum atomic E-state index is -2.90. The van der Waals surface area contributed by atoms with Gasteiger partial charge in [0.2, 0.25) is 0 Å². The second-order valence-electron chi connectivity index (χ2n) is 2.96. The van der Waals surface area contributed by atoms with E-state index in [9.17, 15) is 13.6 Å². The average Bonchev–Trinajstić information content (AvgIpc) is 2.20. The normalized spacial score (nSPS) is 12.2. The molecule has 88 valence electrons. The van der Waals surface area contributed by atoms with Crippen molar-refractivity contribution >= 4 is 11.8 Å². The van der Waals surface area contributed by atoms with Gasteiger partial charge in [-0.25, -0.2) is 4.98 Å². The van der Waals surface area contributed by atoms with Gasteiger partial charge < -0.3 is 15.2 Å². The Morgan fingerprint density at radius 2 is 2.25 bits per heavy atom. The van der Waals surface area contributed by atoms with Crippen LogP contribution >= 0.6 is 0 Å². The molecule has 0 aliphatic rings. The summed E-state index contributed by atoms with van der Waals surface area (Å²) in [5, 5.41) is 11.2. The van der Waals surface area contributed by atoms with Crippen molar-refractivity contribution in [2.75, 3.05) is 5.32 Å². The van der Waals surface area contributed by atoms with E-state index in [1.807, 2.05) is 0 Å². The lowest BCUT2D eigenvalue weighted by atomic mass is 10.3. The van der Waals surface area contributed by atoms with Crippen LogP contribution in [0.3, 0.4) is 0 Å². The molecule has 1 atom stereocenters. The number of rotatable bonds is 5. The van der Waals surface area contributed by atoms with Gasteiger partial charge in [-0.15, -0.1) is 0 Å². The van der Waals surface area contributed by atoms with E-state index in [2.05, 4.69) is 15.0 Å². The Bertz CT molecular complexity index is 356. The predicted molar refractivity (Wildman–Crippen MR) is 51.6 cm³/mol. The molecule has 0 aromatic carbocycles. The Labute approximate surface area is 90.1 Å². The molecule has 0 aliphatic carbocycles. The van der Waals surface area contributed by atoms with Crippen molar-refractivity contribution in [3.05, 3.63) is 18.3 Å². The van der Waals surface area contributed by atoms with Crippen molar-refractivity contribution in [3.8, 4) is 5.75 Å². The van der Waals surface area contributed by atoms with E-state index in [1.54, 1.807) is 0 Å². The lowest BCUT2D eigenvalue weighted by molar-refractivity contribution is -0.137.